The fourth-order valence-electron chi connectivity index (χ4n) is 1.07. The molecule has 0 N–H and O–H groups in total. The quantitative estimate of drug-likeness (QED) is 0.564. The number of hydrogen-bond acceptors (Lipinski definition) is 1. The Hall–Kier alpha value is -0.262. The predicted octanol–water partition coefficient (Wildman–Crippen LogP) is 2.02. The molecule has 2 heteroatoms. The van der Waals surface area contributed by atoms with Gasteiger partial charge in [-0.2, -0.15) is 0 Å². The molecule has 0 aliphatic heterocycles. The normalized spacial score (nSPS) is 12.8. The van der Waals surface area contributed by atoms with Crippen LogP contribution in [0.4, 0.5) is 0 Å². The van der Waals surface area contributed by atoms with E-state index in [0.717, 1.165) is 18.6 Å². The van der Waals surface area contributed by atoms with Gasteiger partial charge in [0.05, 0.1) is 0 Å². The van der Waals surface area contributed by atoms with Crippen LogP contribution in [0.2, 0.25) is 5.21 Å². The van der Waals surface area contributed by atoms with E-state index in [1.807, 2.05) is 30.3 Å². The number of ether oxygens (including phenoxy) is 1. The summed E-state index contributed by atoms with van der Waals surface area (Å²) in [6, 6.07) is 10.1. The molecule has 0 amide bonds. The molecule has 2 unspecified atom stereocenters. The van der Waals surface area contributed by atoms with Crippen molar-refractivity contribution in [2.45, 2.75) is 17.7 Å². The van der Waals surface area contributed by atoms with Crippen molar-refractivity contribution < 1.29 is 4.74 Å². The summed E-state index contributed by atoms with van der Waals surface area (Å²) < 4.78 is 5.57. The summed E-state index contributed by atoms with van der Waals surface area (Å²) in [6.45, 7) is 4.78. The van der Waals surface area contributed by atoms with Crippen LogP contribution in [-0.2, 0) is 4.74 Å². The average molecular weight is 239 g/mol. The molecule has 1 radical (unpaired) electrons. The van der Waals surface area contributed by atoms with Crippen LogP contribution in [0.15, 0.2) is 30.3 Å². The minimum absolute atomic E-state index is 0.0137. The standard InChI is InChI=1S/C11H16AsO/c1-10(13-9-5-8-12)11-6-3-2-4-7-11/h2-4,6-7,10H,1,5,8-9,12H2. The van der Waals surface area contributed by atoms with Gasteiger partial charge < -0.3 is 0 Å². The third-order valence-corrected chi connectivity index (χ3v) is 2.70. The van der Waals surface area contributed by atoms with E-state index in [2.05, 4.69) is 6.92 Å². The molecule has 0 saturated carbocycles. The van der Waals surface area contributed by atoms with Gasteiger partial charge >= 0.3 is 88.7 Å². The fourth-order valence-corrected chi connectivity index (χ4v) is 1.42. The molecule has 1 aromatic carbocycles. The monoisotopic (exact) mass is 239 g/mol. The van der Waals surface area contributed by atoms with Crippen LogP contribution in [0.25, 0.3) is 0 Å². The molecule has 2 atom stereocenters. The van der Waals surface area contributed by atoms with E-state index in [-0.39, 0.29) is 6.10 Å². The Morgan fingerprint density at radius 1 is 1.31 bits per heavy atom. The Balaban J connectivity index is 2.35. The van der Waals surface area contributed by atoms with Crippen molar-refractivity contribution in [2.24, 2.45) is 0 Å². The van der Waals surface area contributed by atoms with Gasteiger partial charge in [0.15, 0.2) is 0 Å². The molecular weight excluding hydrogens is 223 g/mol. The Morgan fingerprint density at radius 3 is 2.62 bits per heavy atom. The van der Waals surface area contributed by atoms with E-state index in [1.165, 1.54) is 5.21 Å². The van der Waals surface area contributed by atoms with E-state index in [0.29, 0.717) is 0 Å². The molecule has 0 saturated heterocycles. The van der Waals surface area contributed by atoms with E-state index in [1.54, 1.807) is 16.9 Å². The summed E-state index contributed by atoms with van der Waals surface area (Å²) in [5.74, 6) is 0. The second-order valence-corrected chi connectivity index (χ2v) is 4.12. The van der Waals surface area contributed by atoms with E-state index >= 15 is 0 Å². The van der Waals surface area contributed by atoms with Crippen molar-refractivity contribution >= 4 is 16.9 Å². The first-order valence-electron chi connectivity index (χ1n) is 4.54. The Kier molecular flexibility index (Phi) is 5.19. The number of rotatable bonds is 5. The molecular formula is C11H16AsO. The van der Waals surface area contributed by atoms with Gasteiger partial charge in [-0.1, -0.05) is 0 Å². The number of hydrogen-bond donors (Lipinski definition) is 0. The zero-order valence-corrected chi connectivity index (χ0v) is 10.2. The van der Waals surface area contributed by atoms with Crippen molar-refractivity contribution in [1.82, 2.24) is 0 Å². The van der Waals surface area contributed by atoms with Crippen molar-refractivity contribution in [1.29, 1.82) is 0 Å². The summed E-state index contributed by atoms with van der Waals surface area (Å²) in [7, 11) is 0. The Bertz CT molecular complexity index is 223. The first-order valence-corrected chi connectivity index (χ1v) is 6.25. The average Bonchev–Trinajstić information content (AvgIpc) is 2.19. The molecule has 1 nitrogen and oxygen atoms in total. The molecule has 13 heavy (non-hydrogen) atoms. The van der Waals surface area contributed by atoms with E-state index < -0.39 is 0 Å². The van der Waals surface area contributed by atoms with Crippen LogP contribution < -0.4 is 0 Å². The van der Waals surface area contributed by atoms with E-state index in [9.17, 15) is 0 Å². The van der Waals surface area contributed by atoms with Gasteiger partial charge in [0.1, 0.15) is 0 Å². The third kappa shape index (κ3) is 3.97. The Morgan fingerprint density at radius 2 is 2.00 bits per heavy atom. The topological polar surface area (TPSA) is 9.23 Å². The fraction of sp³-hybridized carbons (Fsp3) is 0.364. The zero-order chi connectivity index (χ0) is 9.52. The molecule has 71 valence electrons. The van der Waals surface area contributed by atoms with Crippen LogP contribution in [0, 0.1) is 6.92 Å². The third-order valence-electron chi connectivity index (χ3n) is 1.84. The molecule has 0 aromatic heterocycles. The maximum atomic E-state index is 5.57. The van der Waals surface area contributed by atoms with Gasteiger partial charge in [0.25, 0.3) is 0 Å². The van der Waals surface area contributed by atoms with Crippen LogP contribution in [0.5, 0.6) is 0 Å². The molecule has 0 aliphatic carbocycles. The van der Waals surface area contributed by atoms with Crippen LogP contribution in [0.1, 0.15) is 18.1 Å². The second-order valence-electron chi connectivity index (χ2n) is 2.91. The first kappa shape index (κ1) is 10.8. The maximum absolute atomic E-state index is 5.57. The molecule has 1 aromatic rings. The molecule has 0 spiro atoms. The van der Waals surface area contributed by atoms with Gasteiger partial charge in [0, 0.05) is 0 Å². The summed E-state index contributed by atoms with van der Waals surface area (Å²) in [5.41, 5.74) is 1.16. The SMILES string of the molecule is [CH2]C(OCCC[AsH2])c1ccccc1. The summed E-state index contributed by atoms with van der Waals surface area (Å²) in [6.07, 6.45) is 1.12. The first-order chi connectivity index (χ1) is 6.34. The summed E-state index contributed by atoms with van der Waals surface area (Å²) in [5, 5.41) is 1.23. The van der Waals surface area contributed by atoms with Crippen LogP contribution in [-0.4, -0.2) is 23.5 Å². The Labute approximate surface area is 89.0 Å². The second kappa shape index (κ2) is 6.23. The summed E-state index contributed by atoms with van der Waals surface area (Å²) in [4.78, 5) is 0. The molecule has 0 aliphatic rings. The van der Waals surface area contributed by atoms with Crippen LogP contribution >= 0.6 is 0 Å². The molecule has 0 fully saturated rings. The van der Waals surface area contributed by atoms with Gasteiger partial charge in [-0.25, -0.2) is 0 Å². The van der Waals surface area contributed by atoms with Crippen molar-refractivity contribution in [2.75, 3.05) is 6.61 Å². The van der Waals surface area contributed by atoms with Crippen molar-refractivity contribution in [3.8, 4) is 0 Å². The van der Waals surface area contributed by atoms with Gasteiger partial charge in [0.2, 0.25) is 0 Å². The summed E-state index contributed by atoms with van der Waals surface area (Å²) >= 11 is 1.76. The van der Waals surface area contributed by atoms with Gasteiger partial charge in [-0.15, -0.1) is 0 Å². The van der Waals surface area contributed by atoms with Crippen molar-refractivity contribution in [3.05, 3.63) is 42.8 Å². The minimum atomic E-state index is -0.0137. The molecule has 0 bridgehead atoms. The van der Waals surface area contributed by atoms with E-state index in [4.69, 9.17) is 4.74 Å². The van der Waals surface area contributed by atoms with Gasteiger partial charge in [-0.3, -0.25) is 0 Å². The van der Waals surface area contributed by atoms with Crippen LogP contribution in [0.3, 0.4) is 0 Å². The predicted molar refractivity (Wildman–Crippen MR) is 58.5 cm³/mol. The molecule has 1 rings (SSSR count). The van der Waals surface area contributed by atoms with Gasteiger partial charge in [-0.05, 0) is 0 Å². The number of benzene rings is 1. The van der Waals surface area contributed by atoms with Crippen molar-refractivity contribution in [3.63, 3.8) is 0 Å². The zero-order valence-electron chi connectivity index (χ0n) is 7.78. The molecule has 0 heterocycles.